The summed E-state index contributed by atoms with van der Waals surface area (Å²) in [6, 6.07) is 8.56. The van der Waals surface area contributed by atoms with Crippen LogP contribution in [0.5, 0.6) is 0 Å². The minimum absolute atomic E-state index is 0.179. The monoisotopic (exact) mass is 387 g/mol. The summed E-state index contributed by atoms with van der Waals surface area (Å²) in [5, 5.41) is 0. The third-order valence-electron chi connectivity index (χ3n) is 7.23. The lowest BCUT2D eigenvalue weighted by atomic mass is 9.84. The van der Waals surface area contributed by atoms with Gasteiger partial charge in [0.15, 0.2) is 5.69 Å². The number of nitrogens with one attached hydrogen (secondary N) is 1. The number of ether oxygens (including phenoxy) is 1. The van der Waals surface area contributed by atoms with Gasteiger partial charge in [-0.25, -0.2) is 4.79 Å². The summed E-state index contributed by atoms with van der Waals surface area (Å²) in [5.41, 5.74) is 9.80. The minimum Gasteiger partial charge on any atom is -0.465 e. The molecule has 0 aromatic heterocycles. The van der Waals surface area contributed by atoms with E-state index in [9.17, 15) is 9.59 Å². The number of nitrogens with zero attached hydrogens (tertiary/aromatic N) is 2. The van der Waals surface area contributed by atoms with Crippen molar-refractivity contribution in [1.29, 1.82) is 0 Å². The Morgan fingerprint density at radius 2 is 1.93 bits per heavy atom. The zero-order chi connectivity index (χ0) is 20.1. The lowest BCUT2D eigenvalue weighted by Crippen LogP contribution is -2.71. The first-order valence-corrected chi connectivity index (χ1v) is 10.3. The van der Waals surface area contributed by atoms with Crippen LogP contribution in [0.15, 0.2) is 24.3 Å². The van der Waals surface area contributed by atoms with Crippen molar-refractivity contribution in [3.05, 3.63) is 29.8 Å². The minimum atomic E-state index is -0.822. The fraction of sp³-hybridized carbons (Fsp3) is 0.619. The van der Waals surface area contributed by atoms with E-state index in [1.807, 2.05) is 38.1 Å². The van der Waals surface area contributed by atoms with E-state index in [4.69, 9.17) is 10.5 Å². The Kier molecular flexibility index (Phi) is 4.62. The normalized spacial score (nSPS) is 36.8. The quantitative estimate of drug-likeness (QED) is 0.612. The van der Waals surface area contributed by atoms with Crippen LogP contribution in [-0.4, -0.2) is 55.2 Å². The summed E-state index contributed by atoms with van der Waals surface area (Å²) >= 11 is 0. The summed E-state index contributed by atoms with van der Waals surface area (Å²) in [7, 11) is 2.20. The molecule has 0 radical (unpaired) electrons. The van der Waals surface area contributed by atoms with Crippen LogP contribution in [0.3, 0.4) is 0 Å². The molecule has 3 N–H and O–H groups in total. The number of amides is 2. The SMILES string of the molecule is CCOC(=O)C1(C)C[N+](NC(N)=O)(C2CC3CCC(C2)N3C)c2ccccc21. The molecule has 3 heterocycles. The van der Waals surface area contributed by atoms with Crippen LogP contribution in [0.1, 0.15) is 45.1 Å². The van der Waals surface area contributed by atoms with Gasteiger partial charge in [0.05, 0.1) is 6.61 Å². The lowest BCUT2D eigenvalue weighted by molar-refractivity contribution is -0.150. The number of hydrogen-bond donors (Lipinski definition) is 2. The molecule has 0 aliphatic carbocycles. The smallest absolute Gasteiger partial charge is 0.356 e. The van der Waals surface area contributed by atoms with Gasteiger partial charge >= 0.3 is 12.0 Å². The molecule has 1 aromatic rings. The van der Waals surface area contributed by atoms with Crippen LogP contribution in [-0.2, 0) is 14.9 Å². The third kappa shape index (κ3) is 2.71. The molecule has 28 heavy (non-hydrogen) atoms. The fourth-order valence-electron chi connectivity index (χ4n) is 5.88. The molecule has 1 aromatic carbocycles. The number of hydrogen-bond acceptors (Lipinski definition) is 4. The van der Waals surface area contributed by atoms with Gasteiger partial charge in [-0.15, -0.1) is 0 Å². The van der Waals surface area contributed by atoms with Crippen molar-refractivity contribution in [2.75, 3.05) is 20.2 Å². The van der Waals surface area contributed by atoms with Crippen molar-refractivity contribution in [3.63, 3.8) is 0 Å². The Bertz CT molecular complexity index is 786. The Hall–Kier alpha value is -2.12. The van der Waals surface area contributed by atoms with Gasteiger partial charge in [-0.05, 0) is 33.7 Å². The van der Waals surface area contributed by atoms with Gasteiger partial charge in [0.2, 0.25) is 0 Å². The molecule has 4 atom stereocenters. The molecule has 0 spiro atoms. The van der Waals surface area contributed by atoms with Gasteiger partial charge in [0, 0.05) is 36.6 Å². The standard InChI is InChI=1S/C21H30N4O3/c1-4-28-19(26)21(2)13-25(23-20(22)27,18-8-6-5-7-17(18)21)16-11-14-9-10-15(12-16)24(14)3/h5-8,14-16H,4,9-13H2,1-3H3,(H2-,22,23,27)/p+1. The Balaban J connectivity index is 1.81. The van der Waals surface area contributed by atoms with E-state index in [1.165, 1.54) is 12.8 Å². The molecule has 152 valence electrons. The van der Waals surface area contributed by atoms with Gasteiger partial charge in [-0.1, -0.05) is 18.2 Å². The van der Waals surface area contributed by atoms with E-state index in [0.717, 1.165) is 24.1 Å². The highest BCUT2D eigenvalue weighted by molar-refractivity contribution is 5.88. The second-order valence-corrected chi connectivity index (χ2v) is 8.75. The highest BCUT2D eigenvalue weighted by atomic mass is 16.5. The van der Waals surface area contributed by atoms with Gasteiger partial charge in [-0.3, -0.25) is 9.69 Å². The number of primary amides is 1. The first kappa shape index (κ1) is 19.2. The summed E-state index contributed by atoms with van der Waals surface area (Å²) in [4.78, 5) is 27.6. The molecule has 7 heteroatoms. The van der Waals surface area contributed by atoms with Crippen LogP contribution in [0, 0.1) is 0 Å². The molecule has 4 unspecified atom stereocenters. The van der Waals surface area contributed by atoms with Gasteiger partial charge in [0.1, 0.15) is 18.0 Å². The highest BCUT2D eigenvalue weighted by Gasteiger charge is 2.61. The fourth-order valence-corrected chi connectivity index (χ4v) is 5.88. The van der Waals surface area contributed by atoms with Crippen molar-refractivity contribution in [2.45, 2.75) is 63.1 Å². The maximum atomic E-state index is 13.0. The Morgan fingerprint density at radius 1 is 1.29 bits per heavy atom. The molecule has 2 fully saturated rings. The topological polar surface area (TPSA) is 84.7 Å². The first-order valence-electron chi connectivity index (χ1n) is 10.3. The van der Waals surface area contributed by atoms with E-state index in [-0.39, 0.29) is 16.6 Å². The van der Waals surface area contributed by atoms with Crippen molar-refractivity contribution < 1.29 is 14.3 Å². The molecule has 4 rings (SSSR count). The van der Waals surface area contributed by atoms with Crippen LogP contribution < -0.4 is 15.8 Å². The largest absolute Gasteiger partial charge is 0.465 e. The predicted octanol–water partition coefficient (Wildman–Crippen LogP) is 2.04. The van der Waals surface area contributed by atoms with Gasteiger partial charge in [0.25, 0.3) is 0 Å². The number of quaternary nitrogens is 1. The molecule has 2 saturated heterocycles. The second-order valence-electron chi connectivity index (χ2n) is 8.75. The average Bonchev–Trinajstić information content (AvgIpc) is 3.01. The number of benzene rings is 1. The van der Waals surface area contributed by atoms with E-state index in [1.54, 1.807) is 0 Å². The summed E-state index contributed by atoms with van der Waals surface area (Å²) < 4.78 is 5.68. The van der Waals surface area contributed by atoms with Crippen LogP contribution in [0.4, 0.5) is 10.5 Å². The number of urea groups is 1. The van der Waals surface area contributed by atoms with Crippen LogP contribution in [0.2, 0.25) is 0 Å². The van der Waals surface area contributed by atoms with Gasteiger partial charge < -0.3 is 10.5 Å². The summed E-state index contributed by atoms with van der Waals surface area (Å²) in [5.74, 6) is -0.246. The lowest BCUT2D eigenvalue weighted by Gasteiger charge is -2.46. The first-order chi connectivity index (χ1) is 13.3. The summed E-state index contributed by atoms with van der Waals surface area (Å²) in [6.07, 6.45) is 4.32. The van der Waals surface area contributed by atoms with E-state index < -0.39 is 11.4 Å². The van der Waals surface area contributed by atoms with E-state index >= 15 is 0 Å². The molecule has 7 nitrogen and oxygen atoms in total. The van der Waals surface area contributed by atoms with Crippen molar-refractivity contribution in [1.82, 2.24) is 14.9 Å². The third-order valence-corrected chi connectivity index (χ3v) is 7.23. The Morgan fingerprint density at radius 3 is 2.54 bits per heavy atom. The second kappa shape index (κ2) is 6.74. The van der Waals surface area contributed by atoms with Crippen molar-refractivity contribution in [2.24, 2.45) is 5.73 Å². The van der Waals surface area contributed by atoms with Crippen molar-refractivity contribution in [3.8, 4) is 0 Å². The zero-order valence-electron chi connectivity index (χ0n) is 17.0. The summed E-state index contributed by atoms with van der Waals surface area (Å²) in [6.45, 7) is 4.51. The maximum absolute atomic E-state index is 13.0. The number of esters is 1. The molecular formula is C21H31N4O3+. The molecule has 3 aliphatic heterocycles. The van der Waals surface area contributed by atoms with Crippen LogP contribution >= 0.6 is 0 Å². The number of piperidine rings is 1. The number of carbonyl (C=O) groups excluding carboxylic acids is 2. The number of rotatable bonds is 4. The molecular weight excluding hydrogens is 356 g/mol. The highest BCUT2D eigenvalue weighted by Crippen LogP contribution is 2.50. The Labute approximate surface area is 166 Å². The molecule has 2 amide bonds. The maximum Gasteiger partial charge on any atom is 0.356 e. The van der Waals surface area contributed by atoms with Crippen LogP contribution in [0.25, 0.3) is 0 Å². The van der Waals surface area contributed by atoms with Crippen molar-refractivity contribution >= 4 is 17.7 Å². The molecule has 0 saturated carbocycles. The number of fused-ring (bicyclic) bond motifs is 3. The molecule has 3 aliphatic rings. The average molecular weight is 388 g/mol. The number of nitrogens with two attached hydrogens (primary N) is 1. The van der Waals surface area contributed by atoms with E-state index in [2.05, 4.69) is 17.4 Å². The number of carbonyl (C=O) groups is 2. The van der Waals surface area contributed by atoms with E-state index in [0.29, 0.717) is 25.2 Å². The predicted molar refractivity (Wildman–Crippen MR) is 107 cm³/mol. The zero-order valence-corrected chi connectivity index (χ0v) is 17.0. The van der Waals surface area contributed by atoms with Gasteiger partial charge in [-0.2, -0.15) is 10.0 Å². The molecule has 2 bridgehead atoms. The number of para-hydroxylation sites is 1.